The molecule has 1 aliphatic carbocycles. The number of aromatic nitrogens is 5. The molecular formula is C46H51N11O7. The highest BCUT2D eigenvalue weighted by atomic mass is 16.3. The highest BCUT2D eigenvalue weighted by Gasteiger charge is 2.45. The second-order valence-corrected chi connectivity index (χ2v) is 15.9. The number of pyridine rings is 1. The van der Waals surface area contributed by atoms with Crippen molar-refractivity contribution in [3.63, 3.8) is 0 Å². The number of anilines is 4. The second-order valence-electron chi connectivity index (χ2n) is 15.9. The van der Waals surface area contributed by atoms with Crippen LogP contribution in [0.1, 0.15) is 90.4 Å². The Morgan fingerprint density at radius 3 is 2.45 bits per heavy atom. The lowest BCUT2D eigenvalue weighted by Gasteiger charge is -2.38. The van der Waals surface area contributed by atoms with E-state index >= 15 is 0 Å². The molecule has 5 amide bonds. The minimum atomic E-state index is -1.06. The predicted octanol–water partition coefficient (Wildman–Crippen LogP) is 4.24. The lowest BCUT2D eigenvalue weighted by molar-refractivity contribution is -0.136. The van der Waals surface area contributed by atoms with Gasteiger partial charge in [-0.1, -0.05) is 32.1 Å². The van der Waals surface area contributed by atoms with Gasteiger partial charge in [-0.25, -0.2) is 19.3 Å². The van der Waals surface area contributed by atoms with Crippen LogP contribution >= 0.6 is 0 Å². The van der Waals surface area contributed by atoms with Crippen LogP contribution in [-0.2, 0) is 27.3 Å². The number of aliphatic hydroxyl groups is 1. The van der Waals surface area contributed by atoms with Gasteiger partial charge in [-0.05, 0) is 80.1 Å². The first-order chi connectivity index (χ1) is 31.0. The summed E-state index contributed by atoms with van der Waals surface area (Å²) in [7, 11) is 1.81. The van der Waals surface area contributed by atoms with Gasteiger partial charge < -0.3 is 25.5 Å². The van der Waals surface area contributed by atoms with Crippen molar-refractivity contribution in [1.82, 2.24) is 39.4 Å². The van der Waals surface area contributed by atoms with Crippen molar-refractivity contribution < 1.29 is 29.1 Å². The Balaban J connectivity index is 0.00000276. The number of nitrogens with one attached hydrogen (secondary N) is 3. The quantitative estimate of drug-likeness (QED) is 0.102. The molecule has 332 valence electrons. The summed E-state index contributed by atoms with van der Waals surface area (Å²) in [6.07, 6.45) is 5.64. The summed E-state index contributed by atoms with van der Waals surface area (Å²) in [5.74, 6) is -1.58. The van der Waals surface area contributed by atoms with Gasteiger partial charge in [0.1, 0.15) is 11.4 Å². The van der Waals surface area contributed by atoms with Crippen LogP contribution in [0, 0.1) is 0 Å². The fourth-order valence-corrected chi connectivity index (χ4v) is 8.89. The van der Waals surface area contributed by atoms with E-state index < -0.39 is 35.8 Å². The maximum Gasteiger partial charge on any atom is 0.278 e. The molecule has 2 aromatic carbocycles. The molecule has 2 atom stereocenters. The molecule has 0 bridgehead atoms. The van der Waals surface area contributed by atoms with Crippen LogP contribution in [0.15, 0.2) is 78.2 Å². The zero-order valence-electron chi connectivity index (χ0n) is 36.0. The van der Waals surface area contributed by atoms with E-state index in [1.807, 2.05) is 57.3 Å². The monoisotopic (exact) mass is 869 g/mol. The van der Waals surface area contributed by atoms with Crippen molar-refractivity contribution in [2.24, 2.45) is 0 Å². The van der Waals surface area contributed by atoms with E-state index in [9.17, 15) is 33.9 Å². The topological polar surface area (TPSA) is 217 Å². The number of aliphatic hydroxyl groups excluding tert-OH is 1. The van der Waals surface area contributed by atoms with Gasteiger partial charge in [-0.15, -0.1) is 6.58 Å². The van der Waals surface area contributed by atoms with Crippen LogP contribution in [-0.4, -0.2) is 108 Å². The van der Waals surface area contributed by atoms with Crippen molar-refractivity contribution >= 4 is 63.6 Å². The largest absolute Gasteiger partial charge is 0.387 e. The number of benzene rings is 2. The Morgan fingerprint density at radius 2 is 1.72 bits per heavy atom. The molecular weight excluding hydrogens is 819 g/mol. The van der Waals surface area contributed by atoms with Crippen LogP contribution in [0.3, 0.4) is 0 Å². The smallest absolute Gasteiger partial charge is 0.278 e. The number of carbonyl (C=O) groups excluding carboxylic acids is 5. The van der Waals surface area contributed by atoms with E-state index in [2.05, 4.69) is 32.4 Å². The number of aryl methyl sites for hydroxylation is 1. The van der Waals surface area contributed by atoms with E-state index in [-0.39, 0.29) is 61.0 Å². The Morgan fingerprint density at radius 1 is 0.953 bits per heavy atom. The normalized spacial score (nSPS) is 18.3. The second kappa shape index (κ2) is 18.3. The van der Waals surface area contributed by atoms with Crippen molar-refractivity contribution in [2.45, 2.75) is 83.5 Å². The molecule has 9 rings (SSSR count). The summed E-state index contributed by atoms with van der Waals surface area (Å²) in [6.45, 7) is 9.77. The minimum absolute atomic E-state index is 0.0358. The molecule has 4 aliphatic rings. The van der Waals surface area contributed by atoms with Crippen molar-refractivity contribution in [3.8, 4) is 5.82 Å². The number of fused-ring (bicyclic) bond motifs is 3. The van der Waals surface area contributed by atoms with Gasteiger partial charge in [-0.3, -0.25) is 39.0 Å². The molecule has 18 heteroatoms. The zero-order valence-corrected chi connectivity index (χ0v) is 36.0. The molecule has 2 unspecified atom stereocenters. The lowest BCUT2D eigenvalue weighted by Crippen LogP contribution is -2.54. The summed E-state index contributed by atoms with van der Waals surface area (Å²) in [4.78, 5) is 96.4. The summed E-state index contributed by atoms with van der Waals surface area (Å²) in [5, 5.41) is 19.4. The van der Waals surface area contributed by atoms with Gasteiger partial charge in [0.15, 0.2) is 11.5 Å². The predicted molar refractivity (Wildman–Crippen MR) is 240 cm³/mol. The fraction of sp³-hybridized carbons (Fsp3) is 0.370. The van der Waals surface area contributed by atoms with E-state index in [0.717, 1.165) is 54.2 Å². The first-order valence-corrected chi connectivity index (χ1v) is 21.7. The Kier molecular flexibility index (Phi) is 12.4. The zero-order chi connectivity index (χ0) is 45.2. The lowest BCUT2D eigenvalue weighted by atomic mass is 10.0. The first kappa shape index (κ1) is 43.4. The molecule has 0 saturated carbocycles. The molecule has 0 spiro atoms. The van der Waals surface area contributed by atoms with Crippen LogP contribution in [0.2, 0.25) is 0 Å². The molecule has 0 radical (unpaired) electrons. The minimum Gasteiger partial charge on any atom is -0.387 e. The van der Waals surface area contributed by atoms with Crippen LogP contribution in [0.5, 0.6) is 0 Å². The molecule has 2 saturated heterocycles. The van der Waals surface area contributed by atoms with Crippen LogP contribution < -0.4 is 26.4 Å². The fourth-order valence-electron chi connectivity index (χ4n) is 8.89. The SMILES string of the molecule is C=CCn1c(=O)c2cnc(Nc3ccc(N4CCC(N(C)C(=O)CCNc5cccc6c5C(=O)N(C5CCC(=O)NC5=O)C6=O)CC4)cc3)nc2n1-c1ccc2c(n1)C(O)CC2.CC. The Bertz CT molecular complexity index is 2720. The molecule has 4 N–H and O–H groups in total. The number of nitrogens with zero attached hydrogens (tertiary/aromatic N) is 8. The van der Waals surface area contributed by atoms with Gasteiger partial charge in [0, 0.05) is 68.8 Å². The van der Waals surface area contributed by atoms with Crippen molar-refractivity contribution in [3.05, 3.63) is 106 Å². The number of allylic oxidation sites excluding steroid dienone is 1. The molecule has 3 aromatic heterocycles. The third-order valence-electron chi connectivity index (χ3n) is 12.2. The summed E-state index contributed by atoms with van der Waals surface area (Å²) >= 11 is 0. The maximum absolute atomic E-state index is 13.4. The standard InChI is InChI=1S/C44H45N11O7.C2H6/c1-3-21-53-41(60)30-24-46-44(50-39(30)55(53)34-15-8-25-7-14-33(56)38(25)48-34)47-26-9-11-28(12-10-26)52-22-18-27(19-23-52)51(2)36(58)17-20-45-31-6-4-5-29-37(31)43(62)54(42(29)61)32-13-16-35(57)49-40(32)59;1-2/h3-6,8-12,15,24,27,32-33,45,56H,1,7,13-14,16-23H2,2H3,(H,46,47,50)(H,49,57,59);1-2H3. The van der Waals surface area contributed by atoms with Gasteiger partial charge in [0.25, 0.3) is 17.4 Å². The number of hydrogen-bond donors (Lipinski definition) is 4. The summed E-state index contributed by atoms with van der Waals surface area (Å²) in [6, 6.07) is 15.5. The highest BCUT2D eigenvalue weighted by molar-refractivity contribution is 6.25. The van der Waals surface area contributed by atoms with E-state index in [0.29, 0.717) is 40.6 Å². The van der Waals surface area contributed by atoms with Crippen LogP contribution in [0.25, 0.3) is 16.9 Å². The summed E-state index contributed by atoms with van der Waals surface area (Å²) in [5.41, 5.74) is 4.22. The average Bonchev–Trinajstić information content (AvgIpc) is 3.91. The number of rotatable bonds is 12. The molecule has 5 aromatic rings. The van der Waals surface area contributed by atoms with Gasteiger partial charge in [0.2, 0.25) is 23.7 Å². The first-order valence-electron chi connectivity index (χ1n) is 21.7. The van der Waals surface area contributed by atoms with Crippen LogP contribution in [0.4, 0.5) is 23.0 Å². The van der Waals surface area contributed by atoms with Gasteiger partial charge >= 0.3 is 0 Å². The van der Waals surface area contributed by atoms with E-state index in [1.165, 1.54) is 16.9 Å². The average molecular weight is 870 g/mol. The molecule has 3 aliphatic heterocycles. The van der Waals surface area contributed by atoms with E-state index in [1.54, 1.807) is 27.8 Å². The Hall–Kier alpha value is -7.21. The van der Waals surface area contributed by atoms with Crippen molar-refractivity contribution in [2.75, 3.05) is 42.2 Å². The van der Waals surface area contributed by atoms with Gasteiger partial charge in [-0.2, -0.15) is 4.98 Å². The number of carbonyl (C=O) groups is 5. The Labute approximate surface area is 369 Å². The third kappa shape index (κ3) is 8.11. The van der Waals surface area contributed by atoms with E-state index in [4.69, 9.17) is 9.97 Å². The summed E-state index contributed by atoms with van der Waals surface area (Å²) < 4.78 is 3.15. The molecule has 6 heterocycles. The third-order valence-corrected chi connectivity index (χ3v) is 12.2. The maximum atomic E-state index is 13.4. The van der Waals surface area contributed by atoms with Crippen molar-refractivity contribution in [1.29, 1.82) is 0 Å². The molecule has 2 fully saturated rings. The van der Waals surface area contributed by atoms with Gasteiger partial charge in [0.05, 0.1) is 29.5 Å². The number of piperidine rings is 2. The molecule has 64 heavy (non-hydrogen) atoms. The number of hydrogen-bond acceptors (Lipinski definition) is 13. The molecule has 18 nitrogen and oxygen atoms in total. The number of imide groups is 2. The highest BCUT2D eigenvalue weighted by Crippen LogP contribution is 2.33. The number of amides is 5.